The van der Waals surface area contributed by atoms with Crippen molar-refractivity contribution in [3.8, 4) is 0 Å². The second kappa shape index (κ2) is 5.42. The van der Waals surface area contributed by atoms with Crippen LogP contribution in [0.15, 0.2) is 29.0 Å². The standard InChI is InChI=1S/C12H14BrN3O/c1-2-9(7-17)16-10-3-4-14-11-5-8(13)6-15-12(10)11/h3-6,9,17H,2,7H2,1H3,(H,14,16). The summed E-state index contributed by atoms with van der Waals surface area (Å²) in [4.78, 5) is 8.62. The van der Waals surface area contributed by atoms with Crippen LogP contribution in [0.5, 0.6) is 0 Å². The highest BCUT2D eigenvalue weighted by Gasteiger charge is 2.08. The van der Waals surface area contributed by atoms with E-state index >= 15 is 0 Å². The lowest BCUT2D eigenvalue weighted by atomic mass is 10.2. The largest absolute Gasteiger partial charge is 0.394 e. The van der Waals surface area contributed by atoms with Gasteiger partial charge in [0.25, 0.3) is 0 Å². The van der Waals surface area contributed by atoms with Crippen molar-refractivity contribution in [3.63, 3.8) is 0 Å². The summed E-state index contributed by atoms with van der Waals surface area (Å²) < 4.78 is 0.906. The van der Waals surface area contributed by atoms with E-state index < -0.39 is 0 Å². The zero-order valence-corrected chi connectivity index (χ0v) is 11.1. The third-order valence-corrected chi connectivity index (χ3v) is 3.05. The van der Waals surface area contributed by atoms with Crippen LogP contribution in [0.25, 0.3) is 11.0 Å². The third-order valence-electron chi connectivity index (χ3n) is 2.62. The zero-order valence-electron chi connectivity index (χ0n) is 9.52. The number of aliphatic hydroxyl groups excluding tert-OH is 1. The maximum atomic E-state index is 9.20. The fourth-order valence-corrected chi connectivity index (χ4v) is 1.94. The molecular formula is C12H14BrN3O. The summed E-state index contributed by atoms with van der Waals surface area (Å²) in [6.07, 6.45) is 4.34. The molecule has 2 N–H and O–H groups in total. The zero-order chi connectivity index (χ0) is 12.3. The van der Waals surface area contributed by atoms with E-state index in [1.54, 1.807) is 12.4 Å². The molecule has 0 saturated carbocycles. The predicted octanol–water partition coefficient (Wildman–Crippen LogP) is 2.58. The molecule has 0 aliphatic heterocycles. The molecule has 4 nitrogen and oxygen atoms in total. The number of nitrogens with zero attached hydrogens (tertiary/aromatic N) is 2. The van der Waals surface area contributed by atoms with Gasteiger partial charge in [-0.1, -0.05) is 6.92 Å². The van der Waals surface area contributed by atoms with Gasteiger partial charge in [0.15, 0.2) is 0 Å². The number of rotatable bonds is 4. The minimum Gasteiger partial charge on any atom is -0.394 e. The molecule has 90 valence electrons. The highest BCUT2D eigenvalue weighted by Crippen LogP contribution is 2.22. The number of halogens is 1. The molecule has 1 atom stereocenters. The number of aromatic nitrogens is 2. The number of pyridine rings is 2. The van der Waals surface area contributed by atoms with Crippen LogP contribution in [0.2, 0.25) is 0 Å². The monoisotopic (exact) mass is 295 g/mol. The molecule has 2 aromatic rings. The third kappa shape index (κ3) is 2.73. The van der Waals surface area contributed by atoms with Gasteiger partial charge in [0.05, 0.1) is 17.8 Å². The van der Waals surface area contributed by atoms with Crippen LogP contribution in [0.1, 0.15) is 13.3 Å². The maximum Gasteiger partial charge on any atom is 0.112 e. The molecule has 2 aromatic heterocycles. The fraction of sp³-hybridized carbons (Fsp3) is 0.333. The van der Waals surface area contributed by atoms with Gasteiger partial charge in [0, 0.05) is 22.9 Å². The number of hydrogen-bond donors (Lipinski definition) is 2. The average molecular weight is 296 g/mol. The Morgan fingerprint density at radius 2 is 2.29 bits per heavy atom. The molecule has 0 radical (unpaired) electrons. The molecule has 0 bridgehead atoms. The van der Waals surface area contributed by atoms with E-state index in [-0.39, 0.29) is 12.6 Å². The molecule has 17 heavy (non-hydrogen) atoms. The minimum atomic E-state index is 0.0473. The second-order valence-electron chi connectivity index (χ2n) is 3.81. The molecular weight excluding hydrogens is 282 g/mol. The predicted molar refractivity (Wildman–Crippen MR) is 72.0 cm³/mol. The summed E-state index contributed by atoms with van der Waals surface area (Å²) in [7, 11) is 0. The molecule has 0 fully saturated rings. The first kappa shape index (κ1) is 12.3. The number of fused-ring (bicyclic) bond motifs is 1. The summed E-state index contributed by atoms with van der Waals surface area (Å²) >= 11 is 3.37. The molecule has 0 amide bonds. The van der Waals surface area contributed by atoms with Gasteiger partial charge in [-0.25, -0.2) is 0 Å². The Hall–Kier alpha value is -1.20. The molecule has 2 heterocycles. The minimum absolute atomic E-state index is 0.0473. The highest BCUT2D eigenvalue weighted by atomic mass is 79.9. The lowest BCUT2D eigenvalue weighted by Gasteiger charge is -2.16. The smallest absolute Gasteiger partial charge is 0.112 e. The molecule has 1 unspecified atom stereocenters. The fourth-order valence-electron chi connectivity index (χ4n) is 1.62. The Balaban J connectivity index is 2.40. The van der Waals surface area contributed by atoms with Crippen molar-refractivity contribution >= 4 is 32.7 Å². The van der Waals surface area contributed by atoms with Crippen LogP contribution in [0.3, 0.4) is 0 Å². The molecule has 2 rings (SSSR count). The lowest BCUT2D eigenvalue weighted by Crippen LogP contribution is -2.22. The maximum absolute atomic E-state index is 9.20. The van der Waals surface area contributed by atoms with E-state index in [0.717, 1.165) is 27.6 Å². The van der Waals surface area contributed by atoms with Gasteiger partial charge in [-0.3, -0.25) is 9.97 Å². The molecule has 0 aliphatic rings. The van der Waals surface area contributed by atoms with E-state index in [1.165, 1.54) is 0 Å². The summed E-state index contributed by atoms with van der Waals surface area (Å²) in [5, 5.41) is 12.5. The Morgan fingerprint density at radius 1 is 1.47 bits per heavy atom. The quantitative estimate of drug-likeness (QED) is 0.910. The van der Waals surface area contributed by atoms with E-state index in [1.807, 2.05) is 19.1 Å². The molecule has 0 aliphatic carbocycles. The first-order chi connectivity index (χ1) is 8.24. The number of aliphatic hydroxyl groups is 1. The van der Waals surface area contributed by atoms with E-state index in [9.17, 15) is 5.11 Å². The Bertz CT molecular complexity index is 514. The van der Waals surface area contributed by atoms with Crippen LogP contribution in [0, 0.1) is 0 Å². The first-order valence-corrected chi connectivity index (χ1v) is 6.31. The first-order valence-electron chi connectivity index (χ1n) is 5.52. The van der Waals surface area contributed by atoms with Crippen LogP contribution >= 0.6 is 15.9 Å². The summed E-state index contributed by atoms with van der Waals surface area (Å²) in [6, 6.07) is 3.85. The average Bonchev–Trinajstić information content (AvgIpc) is 2.35. The number of anilines is 1. The Kier molecular flexibility index (Phi) is 3.91. The molecule has 0 aromatic carbocycles. The van der Waals surface area contributed by atoms with Gasteiger partial charge >= 0.3 is 0 Å². The molecule has 5 heteroatoms. The van der Waals surface area contributed by atoms with Crippen molar-refractivity contribution in [2.75, 3.05) is 11.9 Å². The van der Waals surface area contributed by atoms with Gasteiger partial charge in [-0.05, 0) is 34.5 Å². The van der Waals surface area contributed by atoms with Crippen molar-refractivity contribution in [2.24, 2.45) is 0 Å². The molecule has 0 spiro atoms. The van der Waals surface area contributed by atoms with Gasteiger partial charge in [0.1, 0.15) is 5.52 Å². The summed E-state index contributed by atoms with van der Waals surface area (Å²) in [5.41, 5.74) is 2.56. The SMILES string of the molecule is CCC(CO)Nc1ccnc2cc(Br)cnc12. The van der Waals surface area contributed by atoms with Crippen molar-refractivity contribution in [1.82, 2.24) is 9.97 Å². The summed E-state index contributed by atoms with van der Waals surface area (Å²) in [5.74, 6) is 0. The summed E-state index contributed by atoms with van der Waals surface area (Å²) in [6.45, 7) is 2.14. The van der Waals surface area contributed by atoms with Gasteiger partial charge in [-0.15, -0.1) is 0 Å². The van der Waals surface area contributed by atoms with Crippen molar-refractivity contribution in [1.29, 1.82) is 0 Å². The molecule has 0 saturated heterocycles. The second-order valence-corrected chi connectivity index (χ2v) is 4.73. The van der Waals surface area contributed by atoms with E-state index in [0.29, 0.717) is 0 Å². The van der Waals surface area contributed by atoms with E-state index in [2.05, 4.69) is 31.2 Å². The van der Waals surface area contributed by atoms with Crippen LogP contribution in [-0.2, 0) is 0 Å². The Labute approximate surface area is 108 Å². The van der Waals surface area contributed by atoms with Gasteiger partial charge in [-0.2, -0.15) is 0 Å². The normalized spacial score (nSPS) is 12.6. The highest BCUT2D eigenvalue weighted by molar-refractivity contribution is 9.10. The van der Waals surface area contributed by atoms with Crippen molar-refractivity contribution in [3.05, 3.63) is 29.0 Å². The van der Waals surface area contributed by atoms with Gasteiger partial charge < -0.3 is 10.4 Å². The van der Waals surface area contributed by atoms with Crippen LogP contribution < -0.4 is 5.32 Å². The van der Waals surface area contributed by atoms with E-state index in [4.69, 9.17) is 0 Å². The van der Waals surface area contributed by atoms with Crippen molar-refractivity contribution in [2.45, 2.75) is 19.4 Å². The number of nitrogens with one attached hydrogen (secondary N) is 1. The lowest BCUT2D eigenvalue weighted by molar-refractivity contribution is 0.272. The number of hydrogen-bond acceptors (Lipinski definition) is 4. The van der Waals surface area contributed by atoms with Crippen LogP contribution in [-0.4, -0.2) is 27.7 Å². The Morgan fingerprint density at radius 3 is 3.00 bits per heavy atom. The van der Waals surface area contributed by atoms with Gasteiger partial charge in [0.2, 0.25) is 0 Å². The van der Waals surface area contributed by atoms with Crippen LogP contribution in [0.4, 0.5) is 5.69 Å². The van der Waals surface area contributed by atoms with Crippen molar-refractivity contribution < 1.29 is 5.11 Å². The topological polar surface area (TPSA) is 58.0 Å².